The van der Waals surface area contributed by atoms with Crippen molar-refractivity contribution in [1.29, 1.82) is 0 Å². The number of esters is 1. The lowest BCUT2D eigenvalue weighted by molar-refractivity contribution is -0.142. The van der Waals surface area contributed by atoms with Gasteiger partial charge in [0.15, 0.2) is 9.84 Å². The van der Waals surface area contributed by atoms with Crippen molar-refractivity contribution in [3.05, 3.63) is 0 Å². The van der Waals surface area contributed by atoms with Crippen molar-refractivity contribution in [3.63, 3.8) is 0 Å². The highest BCUT2D eigenvalue weighted by Crippen LogP contribution is 2.24. The Labute approximate surface area is 103 Å². The van der Waals surface area contributed by atoms with Gasteiger partial charge in [-0.05, 0) is 32.6 Å². The molecule has 5 nitrogen and oxygen atoms in total. The van der Waals surface area contributed by atoms with Gasteiger partial charge in [-0.15, -0.1) is 0 Å². The Balaban J connectivity index is 2.43. The number of rotatable bonds is 5. The summed E-state index contributed by atoms with van der Waals surface area (Å²) in [6, 6.07) is 0.131. The molecule has 100 valence electrons. The van der Waals surface area contributed by atoms with Crippen LogP contribution in [0.4, 0.5) is 0 Å². The monoisotopic (exact) mass is 263 g/mol. The summed E-state index contributed by atoms with van der Waals surface area (Å²) in [4.78, 5) is 11.1. The molecule has 0 atom stereocenters. The van der Waals surface area contributed by atoms with Gasteiger partial charge in [0.25, 0.3) is 0 Å². The third-order valence-corrected chi connectivity index (χ3v) is 5.38. The summed E-state index contributed by atoms with van der Waals surface area (Å²) in [5, 5.41) is -0.322. The first-order valence-corrected chi connectivity index (χ1v) is 7.80. The van der Waals surface area contributed by atoms with Gasteiger partial charge in [-0.1, -0.05) is 0 Å². The predicted molar refractivity (Wildman–Crippen MR) is 65.3 cm³/mol. The summed E-state index contributed by atoms with van der Waals surface area (Å²) in [5.41, 5.74) is 5.73. The van der Waals surface area contributed by atoms with Gasteiger partial charge in [0.2, 0.25) is 0 Å². The second-order valence-corrected chi connectivity index (χ2v) is 6.86. The summed E-state index contributed by atoms with van der Waals surface area (Å²) in [6.07, 6.45) is 2.70. The van der Waals surface area contributed by atoms with Gasteiger partial charge in [0.05, 0.1) is 24.0 Å². The first-order chi connectivity index (χ1) is 7.95. The van der Waals surface area contributed by atoms with Crippen molar-refractivity contribution >= 4 is 15.8 Å². The van der Waals surface area contributed by atoms with Crippen molar-refractivity contribution in [2.45, 2.75) is 50.3 Å². The van der Waals surface area contributed by atoms with Gasteiger partial charge in [-0.2, -0.15) is 0 Å². The lowest BCUT2D eigenvalue weighted by atomic mass is 9.96. The molecule has 1 fully saturated rings. The summed E-state index contributed by atoms with van der Waals surface area (Å²) in [6.45, 7) is 1.99. The molecule has 0 aromatic heterocycles. The SMILES string of the molecule is CCOC(=O)CCS(=O)(=O)C1CCC(N)CC1. The normalized spacial score (nSPS) is 25.5. The van der Waals surface area contributed by atoms with Crippen molar-refractivity contribution in [2.24, 2.45) is 5.73 Å². The topological polar surface area (TPSA) is 86.5 Å². The number of carbonyl (C=O) groups excluding carboxylic acids is 1. The molecule has 2 N–H and O–H groups in total. The molecular weight excluding hydrogens is 242 g/mol. The number of nitrogens with two attached hydrogens (primary N) is 1. The van der Waals surface area contributed by atoms with Crippen molar-refractivity contribution in [2.75, 3.05) is 12.4 Å². The molecule has 0 spiro atoms. The molecule has 1 aliphatic carbocycles. The van der Waals surface area contributed by atoms with Gasteiger partial charge in [-0.3, -0.25) is 4.79 Å². The van der Waals surface area contributed by atoms with Crippen LogP contribution in [-0.4, -0.2) is 38.0 Å². The quantitative estimate of drug-likeness (QED) is 0.735. The Morgan fingerprint density at radius 2 is 1.88 bits per heavy atom. The van der Waals surface area contributed by atoms with Gasteiger partial charge < -0.3 is 10.5 Å². The maximum atomic E-state index is 12.0. The Morgan fingerprint density at radius 3 is 2.41 bits per heavy atom. The van der Waals surface area contributed by atoms with E-state index in [1.54, 1.807) is 6.92 Å². The van der Waals surface area contributed by atoms with Crippen molar-refractivity contribution < 1.29 is 17.9 Å². The standard InChI is InChI=1S/C11H21NO4S/c1-2-16-11(13)7-8-17(14,15)10-5-3-9(12)4-6-10/h9-10H,2-8,12H2,1H3. The van der Waals surface area contributed by atoms with Crippen LogP contribution in [0.3, 0.4) is 0 Å². The average Bonchev–Trinajstić information content (AvgIpc) is 2.28. The van der Waals surface area contributed by atoms with E-state index in [0.29, 0.717) is 12.8 Å². The molecule has 1 rings (SSSR count). The molecule has 0 amide bonds. The number of ether oxygens (including phenoxy) is 1. The fraction of sp³-hybridized carbons (Fsp3) is 0.909. The number of sulfone groups is 1. The first-order valence-electron chi connectivity index (χ1n) is 6.08. The summed E-state index contributed by atoms with van der Waals surface area (Å²) >= 11 is 0. The van der Waals surface area contributed by atoms with Crippen molar-refractivity contribution in [3.8, 4) is 0 Å². The first kappa shape index (κ1) is 14.4. The molecule has 1 saturated carbocycles. The van der Waals surface area contributed by atoms with Crippen LogP contribution in [0, 0.1) is 0 Å². The van der Waals surface area contributed by atoms with Gasteiger partial charge in [-0.25, -0.2) is 8.42 Å². The van der Waals surface area contributed by atoms with E-state index in [0.717, 1.165) is 12.8 Å². The second-order valence-electron chi connectivity index (χ2n) is 4.46. The average molecular weight is 263 g/mol. The zero-order chi connectivity index (χ0) is 12.9. The maximum Gasteiger partial charge on any atom is 0.306 e. The minimum absolute atomic E-state index is 0.0429. The molecule has 1 aliphatic rings. The van der Waals surface area contributed by atoms with E-state index in [4.69, 9.17) is 10.5 Å². The highest BCUT2D eigenvalue weighted by Gasteiger charge is 2.29. The fourth-order valence-electron chi connectivity index (χ4n) is 2.07. The minimum atomic E-state index is -3.18. The maximum absolute atomic E-state index is 12.0. The van der Waals surface area contributed by atoms with Gasteiger partial charge in [0, 0.05) is 6.04 Å². The summed E-state index contributed by atoms with van der Waals surface area (Å²) < 4.78 is 28.6. The van der Waals surface area contributed by atoms with E-state index in [1.807, 2.05) is 0 Å². The molecule has 0 aromatic carbocycles. The van der Waals surface area contributed by atoms with E-state index in [-0.39, 0.29) is 30.1 Å². The fourth-order valence-corrected chi connectivity index (χ4v) is 3.85. The number of carbonyl (C=O) groups is 1. The molecule has 17 heavy (non-hydrogen) atoms. The molecule has 0 aliphatic heterocycles. The Hall–Kier alpha value is -0.620. The highest BCUT2D eigenvalue weighted by atomic mass is 32.2. The van der Waals surface area contributed by atoms with Crippen LogP contribution in [0.25, 0.3) is 0 Å². The molecule has 0 bridgehead atoms. The van der Waals surface area contributed by atoms with Crippen LogP contribution < -0.4 is 5.73 Å². The van der Waals surface area contributed by atoms with E-state index < -0.39 is 15.8 Å². The lowest BCUT2D eigenvalue weighted by Gasteiger charge is -2.25. The van der Waals surface area contributed by atoms with E-state index in [9.17, 15) is 13.2 Å². The minimum Gasteiger partial charge on any atom is -0.466 e. The lowest BCUT2D eigenvalue weighted by Crippen LogP contribution is -2.34. The van der Waals surface area contributed by atoms with E-state index in [2.05, 4.69) is 0 Å². The van der Waals surface area contributed by atoms with Crippen molar-refractivity contribution in [1.82, 2.24) is 0 Å². The molecule has 0 saturated heterocycles. The number of hydrogen-bond donors (Lipinski definition) is 1. The molecule has 0 aromatic rings. The van der Waals surface area contributed by atoms with Crippen LogP contribution in [0.5, 0.6) is 0 Å². The molecule has 0 radical (unpaired) electrons. The van der Waals surface area contributed by atoms with Gasteiger partial charge >= 0.3 is 5.97 Å². The van der Waals surface area contributed by atoms with Crippen LogP contribution in [0.1, 0.15) is 39.0 Å². The summed E-state index contributed by atoms with van der Waals surface area (Å²) in [7, 11) is -3.18. The third kappa shape index (κ3) is 4.63. The Bertz CT molecular complexity index is 344. The molecule has 0 heterocycles. The Morgan fingerprint density at radius 1 is 1.29 bits per heavy atom. The van der Waals surface area contributed by atoms with E-state index in [1.165, 1.54) is 0 Å². The smallest absolute Gasteiger partial charge is 0.306 e. The third-order valence-electron chi connectivity index (χ3n) is 3.12. The van der Waals surface area contributed by atoms with Crippen LogP contribution in [-0.2, 0) is 19.4 Å². The molecule has 6 heteroatoms. The van der Waals surface area contributed by atoms with E-state index >= 15 is 0 Å². The predicted octanol–water partition coefficient (Wildman–Crippen LogP) is 0.624. The van der Waals surface area contributed by atoms with Gasteiger partial charge in [0.1, 0.15) is 0 Å². The Kier molecular flexibility index (Phi) is 5.39. The largest absolute Gasteiger partial charge is 0.466 e. The van der Waals surface area contributed by atoms with Crippen LogP contribution in [0.15, 0.2) is 0 Å². The highest BCUT2D eigenvalue weighted by molar-refractivity contribution is 7.92. The molecule has 0 unspecified atom stereocenters. The zero-order valence-corrected chi connectivity index (χ0v) is 11.0. The zero-order valence-electron chi connectivity index (χ0n) is 10.2. The summed E-state index contributed by atoms with van der Waals surface area (Å²) in [5.74, 6) is -0.547. The second kappa shape index (κ2) is 6.35. The van der Waals surface area contributed by atoms with Crippen LogP contribution >= 0.6 is 0 Å². The van der Waals surface area contributed by atoms with Crippen LogP contribution in [0.2, 0.25) is 0 Å². The molecular formula is C11H21NO4S. The number of hydrogen-bond acceptors (Lipinski definition) is 5.